The van der Waals surface area contributed by atoms with Gasteiger partial charge in [-0.2, -0.15) is 0 Å². The molecule has 1 unspecified atom stereocenters. The van der Waals surface area contributed by atoms with Gasteiger partial charge < -0.3 is 0 Å². The average molecular weight is 267 g/mol. The van der Waals surface area contributed by atoms with Gasteiger partial charge in [-0.05, 0) is 48.2 Å². The minimum absolute atomic E-state index is 0.221. The summed E-state index contributed by atoms with van der Waals surface area (Å²) in [5.41, 5.74) is 2.54. The predicted octanol–water partition coefficient (Wildman–Crippen LogP) is 4.91. The Labute approximate surface area is 110 Å². The van der Waals surface area contributed by atoms with Crippen molar-refractivity contribution in [3.8, 4) is 0 Å². The Kier molecular flexibility index (Phi) is 3.67. The SMILES string of the molecule is Cc1cc(C(Cl)c2cccc(F)c2)cc(C)c1F. The summed E-state index contributed by atoms with van der Waals surface area (Å²) in [6.07, 6.45) is 0. The highest BCUT2D eigenvalue weighted by atomic mass is 35.5. The van der Waals surface area contributed by atoms with E-state index < -0.39 is 5.38 Å². The van der Waals surface area contributed by atoms with Crippen LogP contribution in [0.15, 0.2) is 36.4 Å². The molecule has 0 aliphatic rings. The standard InChI is InChI=1S/C15H13ClF2/c1-9-6-12(7-10(2)15(9)18)14(16)11-4-3-5-13(17)8-11/h3-8,14H,1-2H3. The first-order valence-electron chi connectivity index (χ1n) is 5.65. The quantitative estimate of drug-likeness (QED) is 0.678. The molecule has 0 aliphatic heterocycles. The second kappa shape index (κ2) is 5.07. The maximum atomic E-state index is 13.5. The lowest BCUT2D eigenvalue weighted by atomic mass is 9.99. The molecule has 2 rings (SSSR count). The zero-order chi connectivity index (χ0) is 13.3. The van der Waals surface area contributed by atoms with Gasteiger partial charge in [-0.3, -0.25) is 0 Å². The Morgan fingerprint density at radius 3 is 2.11 bits per heavy atom. The molecule has 0 radical (unpaired) electrons. The highest BCUT2D eigenvalue weighted by Gasteiger charge is 2.14. The summed E-state index contributed by atoms with van der Waals surface area (Å²) < 4.78 is 26.7. The van der Waals surface area contributed by atoms with Crippen molar-refractivity contribution in [1.29, 1.82) is 0 Å². The van der Waals surface area contributed by atoms with Gasteiger partial charge in [0.25, 0.3) is 0 Å². The zero-order valence-corrected chi connectivity index (χ0v) is 10.9. The van der Waals surface area contributed by atoms with E-state index in [9.17, 15) is 8.78 Å². The molecule has 1 atom stereocenters. The van der Waals surface area contributed by atoms with E-state index in [1.807, 2.05) is 0 Å². The van der Waals surface area contributed by atoms with Crippen molar-refractivity contribution < 1.29 is 8.78 Å². The lowest BCUT2D eigenvalue weighted by molar-refractivity contribution is 0.608. The van der Waals surface area contributed by atoms with Gasteiger partial charge in [-0.15, -0.1) is 11.6 Å². The monoisotopic (exact) mass is 266 g/mol. The van der Waals surface area contributed by atoms with Crippen LogP contribution in [0.5, 0.6) is 0 Å². The van der Waals surface area contributed by atoms with E-state index in [0.29, 0.717) is 16.7 Å². The van der Waals surface area contributed by atoms with Gasteiger partial charge in [0.1, 0.15) is 11.6 Å². The minimum Gasteiger partial charge on any atom is -0.207 e. The van der Waals surface area contributed by atoms with E-state index >= 15 is 0 Å². The Morgan fingerprint density at radius 2 is 1.56 bits per heavy atom. The van der Waals surface area contributed by atoms with Gasteiger partial charge in [-0.1, -0.05) is 24.3 Å². The van der Waals surface area contributed by atoms with Crippen LogP contribution in [0.3, 0.4) is 0 Å². The molecule has 2 aromatic rings. The maximum absolute atomic E-state index is 13.5. The van der Waals surface area contributed by atoms with E-state index in [1.54, 1.807) is 38.1 Å². The number of rotatable bonds is 2. The second-order valence-electron chi connectivity index (χ2n) is 4.39. The van der Waals surface area contributed by atoms with Gasteiger partial charge in [0.15, 0.2) is 0 Å². The molecule has 94 valence electrons. The average Bonchev–Trinajstić information content (AvgIpc) is 2.34. The summed E-state index contributed by atoms with van der Waals surface area (Å²) in [4.78, 5) is 0. The van der Waals surface area contributed by atoms with E-state index in [-0.39, 0.29) is 11.6 Å². The first kappa shape index (κ1) is 13.0. The Balaban J connectivity index is 2.43. The summed E-state index contributed by atoms with van der Waals surface area (Å²) in [6.45, 7) is 3.39. The van der Waals surface area contributed by atoms with Crippen molar-refractivity contribution in [2.45, 2.75) is 19.2 Å². The van der Waals surface area contributed by atoms with E-state index in [0.717, 1.165) is 5.56 Å². The molecular formula is C15H13ClF2. The first-order valence-corrected chi connectivity index (χ1v) is 6.09. The molecule has 18 heavy (non-hydrogen) atoms. The second-order valence-corrected chi connectivity index (χ2v) is 4.82. The third-order valence-electron chi connectivity index (χ3n) is 2.89. The number of benzene rings is 2. The fourth-order valence-electron chi connectivity index (χ4n) is 1.98. The molecule has 0 spiro atoms. The highest BCUT2D eigenvalue weighted by molar-refractivity contribution is 6.22. The largest absolute Gasteiger partial charge is 0.207 e. The molecule has 3 heteroatoms. The number of halogens is 3. The molecule has 0 bridgehead atoms. The van der Waals surface area contributed by atoms with Crippen LogP contribution in [0.4, 0.5) is 8.78 Å². The number of hydrogen-bond donors (Lipinski definition) is 0. The molecule has 0 saturated carbocycles. The molecule has 0 fully saturated rings. The summed E-state index contributed by atoms with van der Waals surface area (Å²) >= 11 is 6.31. The zero-order valence-electron chi connectivity index (χ0n) is 10.2. The van der Waals surface area contributed by atoms with Crippen LogP contribution in [-0.4, -0.2) is 0 Å². The highest BCUT2D eigenvalue weighted by Crippen LogP contribution is 2.31. The van der Waals surface area contributed by atoms with E-state index in [2.05, 4.69) is 0 Å². The molecule has 0 saturated heterocycles. The van der Waals surface area contributed by atoms with Crippen molar-refractivity contribution >= 4 is 11.6 Å². The summed E-state index contributed by atoms with van der Waals surface area (Å²) in [5, 5.41) is -0.473. The summed E-state index contributed by atoms with van der Waals surface area (Å²) in [6, 6.07) is 9.54. The molecule has 2 aromatic carbocycles. The Morgan fingerprint density at radius 1 is 0.944 bits per heavy atom. The van der Waals surface area contributed by atoms with E-state index in [4.69, 9.17) is 11.6 Å². The first-order chi connectivity index (χ1) is 8.49. The van der Waals surface area contributed by atoms with Crippen LogP contribution < -0.4 is 0 Å². The van der Waals surface area contributed by atoms with Crippen molar-refractivity contribution in [3.63, 3.8) is 0 Å². The summed E-state index contributed by atoms with van der Waals surface area (Å²) in [5.74, 6) is -0.546. The Bertz CT molecular complexity index is 555. The van der Waals surface area contributed by atoms with Crippen LogP contribution >= 0.6 is 11.6 Å². The van der Waals surface area contributed by atoms with E-state index in [1.165, 1.54) is 12.1 Å². The molecule has 0 N–H and O–H groups in total. The molecular weight excluding hydrogens is 254 g/mol. The molecule has 0 amide bonds. The summed E-state index contributed by atoms with van der Waals surface area (Å²) in [7, 11) is 0. The molecule has 0 aliphatic carbocycles. The van der Waals surface area contributed by atoms with Crippen molar-refractivity contribution in [2.24, 2.45) is 0 Å². The van der Waals surface area contributed by atoms with Gasteiger partial charge >= 0.3 is 0 Å². The smallest absolute Gasteiger partial charge is 0.129 e. The Hall–Kier alpha value is -1.41. The number of alkyl halides is 1. The van der Waals surface area contributed by atoms with Crippen LogP contribution in [0.25, 0.3) is 0 Å². The fraction of sp³-hybridized carbons (Fsp3) is 0.200. The van der Waals surface area contributed by atoms with Gasteiger partial charge in [0.05, 0.1) is 5.38 Å². The van der Waals surface area contributed by atoms with Crippen LogP contribution in [0, 0.1) is 25.5 Å². The third-order valence-corrected chi connectivity index (χ3v) is 3.40. The maximum Gasteiger partial charge on any atom is 0.129 e. The number of hydrogen-bond acceptors (Lipinski definition) is 0. The van der Waals surface area contributed by atoms with Gasteiger partial charge in [0, 0.05) is 0 Å². The van der Waals surface area contributed by atoms with Gasteiger partial charge in [-0.25, -0.2) is 8.78 Å². The van der Waals surface area contributed by atoms with Crippen LogP contribution in [0.2, 0.25) is 0 Å². The normalized spacial score (nSPS) is 12.5. The predicted molar refractivity (Wildman–Crippen MR) is 70.0 cm³/mol. The molecule has 0 aromatic heterocycles. The minimum atomic E-state index is -0.473. The lowest BCUT2D eigenvalue weighted by Gasteiger charge is -2.13. The topological polar surface area (TPSA) is 0 Å². The van der Waals surface area contributed by atoms with Crippen molar-refractivity contribution in [3.05, 3.63) is 70.3 Å². The molecule has 0 heterocycles. The van der Waals surface area contributed by atoms with Crippen LogP contribution in [-0.2, 0) is 0 Å². The van der Waals surface area contributed by atoms with Crippen molar-refractivity contribution in [2.75, 3.05) is 0 Å². The molecule has 0 nitrogen and oxygen atoms in total. The number of aryl methyl sites for hydroxylation is 2. The van der Waals surface area contributed by atoms with Crippen molar-refractivity contribution in [1.82, 2.24) is 0 Å². The lowest BCUT2D eigenvalue weighted by Crippen LogP contribution is -1.98. The van der Waals surface area contributed by atoms with Gasteiger partial charge in [0.2, 0.25) is 0 Å². The van der Waals surface area contributed by atoms with Crippen LogP contribution in [0.1, 0.15) is 27.6 Å². The fourth-order valence-corrected chi connectivity index (χ4v) is 2.24. The third kappa shape index (κ3) is 2.54.